The molecule has 0 aliphatic heterocycles. The summed E-state index contributed by atoms with van der Waals surface area (Å²) < 4.78 is 4.67. The minimum Gasteiger partial charge on any atom is -0.422 e. The molecule has 0 aromatic heterocycles. The molecule has 0 unspecified atom stereocenters. The van der Waals surface area contributed by atoms with Crippen LogP contribution in [0.4, 0.5) is 0 Å². The van der Waals surface area contributed by atoms with Crippen LogP contribution in [0.3, 0.4) is 0 Å². The molecule has 0 saturated carbocycles. The molecule has 0 bridgehead atoms. The Hall–Kier alpha value is -0.480. The van der Waals surface area contributed by atoms with Gasteiger partial charge in [0.1, 0.15) is 6.61 Å². The van der Waals surface area contributed by atoms with Crippen LogP contribution in [0, 0.1) is 0 Å². The molecule has 6 heteroatoms. The monoisotopic (exact) mass is 254 g/mol. The second kappa shape index (κ2) is 4.84. The average molecular weight is 255 g/mol. The standard InChI is InChI=1S/C8H5Cl3O3/c9-4-1-5(10)8(6(11)2-4)14-7(13)3-12/h1-2,12H,3H2. The minimum absolute atomic E-state index is 0.00298. The van der Waals surface area contributed by atoms with Crippen molar-refractivity contribution in [2.45, 2.75) is 0 Å². The number of hydrogen-bond donors (Lipinski definition) is 1. The van der Waals surface area contributed by atoms with Crippen molar-refractivity contribution >= 4 is 40.8 Å². The fraction of sp³-hybridized carbons (Fsp3) is 0.125. The van der Waals surface area contributed by atoms with E-state index in [2.05, 4.69) is 4.74 Å². The molecule has 0 atom stereocenters. The van der Waals surface area contributed by atoms with Crippen LogP contribution in [0.15, 0.2) is 12.1 Å². The summed E-state index contributed by atoms with van der Waals surface area (Å²) in [7, 11) is 0. The summed E-state index contributed by atoms with van der Waals surface area (Å²) in [6, 6.07) is 2.77. The second-order valence-electron chi connectivity index (χ2n) is 2.33. The second-order valence-corrected chi connectivity index (χ2v) is 3.58. The van der Waals surface area contributed by atoms with Crippen LogP contribution in [0.1, 0.15) is 0 Å². The number of rotatable bonds is 2. The van der Waals surface area contributed by atoms with Gasteiger partial charge in [-0.15, -0.1) is 0 Å². The summed E-state index contributed by atoms with van der Waals surface area (Å²) in [5.74, 6) is -0.840. The van der Waals surface area contributed by atoms with Crippen molar-refractivity contribution in [2.24, 2.45) is 0 Å². The Labute approximate surface area is 95.1 Å². The lowest BCUT2D eigenvalue weighted by molar-refractivity contribution is -0.137. The van der Waals surface area contributed by atoms with E-state index in [-0.39, 0.29) is 15.8 Å². The molecule has 76 valence electrons. The number of carbonyl (C=O) groups excluding carboxylic acids is 1. The summed E-state index contributed by atoms with van der Waals surface area (Å²) >= 11 is 17.1. The Morgan fingerprint density at radius 1 is 1.29 bits per heavy atom. The fourth-order valence-corrected chi connectivity index (χ4v) is 1.67. The normalized spacial score (nSPS) is 10.0. The molecule has 1 aromatic rings. The average Bonchev–Trinajstić information content (AvgIpc) is 2.10. The quantitative estimate of drug-likeness (QED) is 0.652. The maximum Gasteiger partial charge on any atom is 0.337 e. The number of esters is 1. The first kappa shape index (κ1) is 11.6. The van der Waals surface area contributed by atoms with Gasteiger partial charge in [0.15, 0.2) is 5.75 Å². The van der Waals surface area contributed by atoms with Gasteiger partial charge in [-0.2, -0.15) is 0 Å². The highest BCUT2D eigenvalue weighted by atomic mass is 35.5. The van der Waals surface area contributed by atoms with Crippen molar-refractivity contribution in [3.8, 4) is 5.75 Å². The van der Waals surface area contributed by atoms with Crippen molar-refractivity contribution in [3.63, 3.8) is 0 Å². The first-order valence-electron chi connectivity index (χ1n) is 3.50. The number of hydrogen-bond acceptors (Lipinski definition) is 3. The SMILES string of the molecule is O=C(CO)Oc1c(Cl)cc(Cl)cc1Cl. The molecule has 0 radical (unpaired) electrons. The van der Waals surface area contributed by atoms with Crippen molar-refractivity contribution in [1.29, 1.82) is 0 Å². The molecule has 14 heavy (non-hydrogen) atoms. The number of aliphatic hydroxyl groups excluding tert-OH is 1. The van der Waals surface area contributed by atoms with E-state index in [1.165, 1.54) is 12.1 Å². The molecule has 0 heterocycles. The summed E-state index contributed by atoms with van der Waals surface area (Å²) in [5.41, 5.74) is 0. The highest BCUT2D eigenvalue weighted by molar-refractivity contribution is 6.40. The molecule has 0 aliphatic carbocycles. The summed E-state index contributed by atoms with van der Waals surface area (Å²) in [5, 5.41) is 9.01. The lowest BCUT2D eigenvalue weighted by Crippen LogP contribution is -2.12. The molecule has 1 aromatic carbocycles. The lowest BCUT2D eigenvalue weighted by atomic mass is 10.3. The zero-order valence-corrected chi connectivity index (χ0v) is 9.03. The summed E-state index contributed by atoms with van der Waals surface area (Å²) in [6.45, 7) is -0.741. The molecule has 0 saturated heterocycles. The van der Waals surface area contributed by atoms with Gasteiger partial charge < -0.3 is 9.84 Å². The Morgan fingerprint density at radius 2 is 1.79 bits per heavy atom. The van der Waals surface area contributed by atoms with Crippen molar-refractivity contribution in [2.75, 3.05) is 6.61 Å². The van der Waals surface area contributed by atoms with E-state index in [4.69, 9.17) is 39.9 Å². The Bertz CT molecular complexity index is 342. The molecule has 3 nitrogen and oxygen atoms in total. The highest BCUT2D eigenvalue weighted by Gasteiger charge is 2.12. The largest absolute Gasteiger partial charge is 0.422 e. The lowest BCUT2D eigenvalue weighted by Gasteiger charge is -2.06. The number of halogens is 3. The Morgan fingerprint density at radius 3 is 2.21 bits per heavy atom. The van der Waals surface area contributed by atoms with Crippen LogP contribution in [0.5, 0.6) is 5.75 Å². The van der Waals surface area contributed by atoms with E-state index in [1.54, 1.807) is 0 Å². The van der Waals surface area contributed by atoms with Crippen LogP contribution >= 0.6 is 34.8 Å². The van der Waals surface area contributed by atoms with Crippen molar-refractivity contribution < 1.29 is 14.6 Å². The van der Waals surface area contributed by atoms with Gasteiger partial charge in [0, 0.05) is 5.02 Å². The van der Waals surface area contributed by atoms with Gasteiger partial charge in [0.25, 0.3) is 0 Å². The zero-order chi connectivity index (χ0) is 10.7. The van der Waals surface area contributed by atoms with Crippen LogP contribution in [0.25, 0.3) is 0 Å². The predicted molar refractivity (Wildman–Crippen MR) is 54.2 cm³/mol. The minimum atomic E-state index is -0.837. The van der Waals surface area contributed by atoms with Gasteiger partial charge in [0.2, 0.25) is 0 Å². The van der Waals surface area contributed by atoms with Gasteiger partial charge in [-0.25, -0.2) is 4.79 Å². The molecule has 1 rings (SSSR count). The highest BCUT2D eigenvalue weighted by Crippen LogP contribution is 2.35. The van der Waals surface area contributed by atoms with Crippen LogP contribution in [-0.2, 0) is 4.79 Å². The molecular weight excluding hydrogens is 250 g/mol. The Balaban J connectivity index is 3.02. The van der Waals surface area contributed by atoms with E-state index in [9.17, 15) is 4.79 Å². The van der Waals surface area contributed by atoms with Gasteiger partial charge in [-0.3, -0.25) is 0 Å². The molecule has 0 aliphatic rings. The van der Waals surface area contributed by atoms with Crippen LogP contribution in [0.2, 0.25) is 15.1 Å². The Kier molecular flexibility index (Phi) is 4.01. The van der Waals surface area contributed by atoms with E-state index in [0.29, 0.717) is 5.02 Å². The van der Waals surface area contributed by atoms with Gasteiger partial charge in [-0.05, 0) is 12.1 Å². The van der Waals surface area contributed by atoms with E-state index < -0.39 is 12.6 Å². The first-order chi connectivity index (χ1) is 6.54. The predicted octanol–water partition coefficient (Wildman–Crippen LogP) is 2.54. The van der Waals surface area contributed by atoms with Gasteiger partial charge in [0.05, 0.1) is 10.0 Å². The van der Waals surface area contributed by atoms with E-state index in [1.807, 2.05) is 0 Å². The number of aliphatic hydroxyl groups is 1. The molecular formula is C8H5Cl3O3. The van der Waals surface area contributed by atoms with Gasteiger partial charge in [-0.1, -0.05) is 34.8 Å². The third-order valence-corrected chi connectivity index (χ3v) is 2.09. The van der Waals surface area contributed by atoms with Crippen LogP contribution in [-0.4, -0.2) is 17.7 Å². The van der Waals surface area contributed by atoms with Crippen molar-refractivity contribution in [1.82, 2.24) is 0 Å². The van der Waals surface area contributed by atoms with E-state index in [0.717, 1.165) is 0 Å². The maximum atomic E-state index is 10.7. The summed E-state index contributed by atoms with van der Waals surface area (Å²) in [6.07, 6.45) is 0. The number of carbonyl (C=O) groups is 1. The fourth-order valence-electron chi connectivity index (χ4n) is 0.773. The molecule has 0 amide bonds. The third kappa shape index (κ3) is 2.75. The molecule has 0 fully saturated rings. The van der Waals surface area contributed by atoms with Crippen LogP contribution < -0.4 is 4.74 Å². The summed E-state index contributed by atoms with van der Waals surface area (Å²) in [4.78, 5) is 10.7. The first-order valence-corrected chi connectivity index (χ1v) is 4.64. The zero-order valence-electron chi connectivity index (χ0n) is 6.76. The number of ether oxygens (including phenoxy) is 1. The number of benzene rings is 1. The molecule has 0 spiro atoms. The smallest absolute Gasteiger partial charge is 0.337 e. The third-order valence-electron chi connectivity index (χ3n) is 1.31. The van der Waals surface area contributed by atoms with Crippen molar-refractivity contribution in [3.05, 3.63) is 27.2 Å². The topological polar surface area (TPSA) is 46.5 Å². The maximum absolute atomic E-state index is 10.7. The van der Waals surface area contributed by atoms with Gasteiger partial charge >= 0.3 is 5.97 Å². The molecule has 1 N–H and O–H groups in total. The van der Waals surface area contributed by atoms with E-state index >= 15 is 0 Å².